The van der Waals surface area contributed by atoms with E-state index < -0.39 is 11.6 Å². The van der Waals surface area contributed by atoms with E-state index in [2.05, 4.69) is 31.3 Å². The largest absolute Gasteiger partial charge is 0.497 e. The summed E-state index contributed by atoms with van der Waals surface area (Å²) in [5.74, 6) is 1.28. The van der Waals surface area contributed by atoms with Crippen molar-refractivity contribution in [2.45, 2.75) is 31.0 Å². The van der Waals surface area contributed by atoms with Gasteiger partial charge < -0.3 is 24.6 Å². The third-order valence-electron chi connectivity index (χ3n) is 7.40. The molecule has 2 N–H and O–H groups in total. The zero-order valence-corrected chi connectivity index (χ0v) is 26.2. The quantitative estimate of drug-likeness (QED) is 0.0685. The number of nitrogens with zero attached hydrogens (tertiary/aromatic N) is 4. The van der Waals surface area contributed by atoms with E-state index in [0.29, 0.717) is 35.6 Å². The minimum absolute atomic E-state index is 0.0441. The van der Waals surface area contributed by atoms with Crippen molar-refractivity contribution in [3.63, 3.8) is 0 Å². The average molecular weight is 671 g/mol. The number of azide groups is 1. The van der Waals surface area contributed by atoms with E-state index in [0.717, 1.165) is 21.3 Å². The van der Waals surface area contributed by atoms with Gasteiger partial charge in [-0.05, 0) is 65.2 Å². The Labute approximate surface area is 269 Å². The van der Waals surface area contributed by atoms with Crippen molar-refractivity contribution < 1.29 is 24.1 Å². The first kappa shape index (κ1) is 31.6. The Bertz CT molecular complexity index is 1690. The number of carbonyl (C=O) groups excluding carboxylic acids is 1. The molecule has 4 aromatic carbocycles. The Hall–Kier alpha value is -4.83. The van der Waals surface area contributed by atoms with Gasteiger partial charge in [-0.2, -0.15) is 0 Å². The van der Waals surface area contributed by atoms with Gasteiger partial charge in [-0.3, -0.25) is 4.79 Å². The number of hydrogen-bond acceptors (Lipinski definition) is 7. The second-order valence-electron chi connectivity index (χ2n) is 10.4. The van der Waals surface area contributed by atoms with Crippen LogP contribution in [0.5, 0.6) is 11.5 Å². The molecule has 0 bridgehead atoms. The Morgan fingerprint density at radius 1 is 1.02 bits per heavy atom. The maximum absolute atomic E-state index is 14.5. The zero-order valence-electron chi connectivity index (χ0n) is 24.6. The third kappa shape index (κ3) is 7.46. The molecule has 2 atom stereocenters. The highest BCUT2D eigenvalue weighted by molar-refractivity contribution is 9.10. The van der Waals surface area contributed by atoms with E-state index in [9.17, 15) is 10.3 Å². The number of methoxy groups -OCH3 is 1. The average Bonchev–Trinajstić information content (AvgIpc) is 3.46. The van der Waals surface area contributed by atoms with E-state index in [1.165, 1.54) is 0 Å². The standard InChI is InChI=1S/C34H32BrN5O5/c1-43-27-15-9-24(10-16-27)22-37-33(42)34(21-23-7-13-26(35)14-8-23)31(29-5-2-3-6-30(29)39-40-36)45-32(38-34)25-11-17-28(18-12-25)44-20-4-19-41/h2-3,5-18,31,41H,4,19-22H2,1H3,(H,37,42)/t31-,34-/m1/s1. The number of amides is 1. The van der Waals surface area contributed by atoms with Gasteiger partial charge in [-0.1, -0.05) is 69.6 Å². The molecule has 0 unspecified atom stereocenters. The first-order valence-electron chi connectivity index (χ1n) is 14.4. The fourth-order valence-corrected chi connectivity index (χ4v) is 5.36. The highest BCUT2D eigenvalue weighted by Crippen LogP contribution is 2.45. The zero-order chi connectivity index (χ0) is 31.6. The van der Waals surface area contributed by atoms with Crippen LogP contribution in [0.15, 0.2) is 112 Å². The first-order chi connectivity index (χ1) is 22.0. The number of carbonyl (C=O) groups is 1. The Kier molecular flexibility index (Phi) is 10.4. The summed E-state index contributed by atoms with van der Waals surface area (Å²) < 4.78 is 18.4. The van der Waals surface area contributed by atoms with Crippen LogP contribution in [-0.4, -0.2) is 42.8 Å². The van der Waals surface area contributed by atoms with Crippen LogP contribution < -0.4 is 14.8 Å². The summed E-state index contributed by atoms with van der Waals surface area (Å²) in [4.78, 5) is 22.6. The molecule has 0 saturated heterocycles. The number of rotatable bonds is 13. The molecule has 10 nitrogen and oxygen atoms in total. The second kappa shape index (κ2) is 14.8. The van der Waals surface area contributed by atoms with Crippen LogP contribution in [0.1, 0.15) is 34.8 Å². The third-order valence-corrected chi connectivity index (χ3v) is 7.93. The summed E-state index contributed by atoms with van der Waals surface area (Å²) in [5.41, 5.74) is 11.2. The molecular formula is C34H32BrN5O5. The molecule has 1 aliphatic rings. The van der Waals surface area contributed by atoms with Crippen molar-refractivity contribution in [1.29, 1.82) is 0 Å². The van der Waals surface area contributed by atoms with E-state index in [4.69, 9.17) is 24.3 Å². The molecule has 0 aliphatic carbocycles. The molecule has 5 rings (SSSR count). The van der Waals surface area contributed by atoms with Gasteiger partial charge in [0.05, 0.1) is 13.7 Å². The SMILES string of the molecule is COc1ccc(CNC(=O)[C@]2(Cc3ccc(Br)cc3)N=C(c3ccc(OCCCO)cc3)O[C@@H]2c2ccccc2N=[N+]=[N-])cc1. The molecule has 1 aliphatic heterocycles. The number of aliphatic imine (C=N–C) groups is 1. The normalized spacial score (nSPS) is 17.0. The summed E-state index contributed by atoms with van der Waals surface area (Å²) in [7, 11) is 1.60. The first-order valence-corrected chi connectivity index (χ1v) is 15.2. The number of aliphatic hydroxyl groups is 1. The van der Waals surface area contributed by atoms with Crippen LogP contribution in [0.25, 0.3) is 10.4 Å². The van der Waals surface area contributed by atoms with E-state index in [1.54, 1.807) is 37.4 Å². The van der Waals surface area contributed by atoms with Gasteiger partial charge in [0, 0.05) is 52.2 Å². The maximum atomic E-state index is 14.5. The predicted molar refractivity (Wildman–Crippen MR) is 175 cm³/mol. The molecule has 0 fully saturated rings. The molecular weight excluding hydrogens is 638 g/mol. The molecule has 4 aromatic rings. The van der Waals surface area contributed by atoms with Gasteiger partial charge in [-0.15, -0.1) is 0 Å². The number of hydrogen-bond donors (Lipinski definition) is 2. The molecule has 0 aromatic heterocycles. The van der Waals surface area contributed by atoms with Crippen LogP contribution in [0, 0.1) is 0 Å². The number of halogens is 1. The number of ether oxygens (including phenoxy) is 3. The highest BCUT2D eigenvalue weighted by Gasteiger charge is 2.53. The van der Waals surface area contributed by atoms with Crippen molar-refractivity contribution in [2.75, 3.05) is 20.3 Å². The van der Waals surface area contributed by atoms with E-state index >= 15 is 0 Å². The Morgan fingerprint density at radius 2 is 1.71 bits per heavy atom. The summed E-state index contributed by atoms with van der Waals surface area (Å²) in [6.45, 7) is 0.680. The highest BCUT2D eigenvalue weighted by atomic mass is 79.9. The van der Waals surface area contributed by atoms with Crippen molar-refractivity contribution in [1.82, 2.24) is 5.32 Å². The van der Waals surface area contributed by atoms with Crippen LogP contribution >= 0.6 is 15.9 Å². The maximum Gasteiger partial charge on any atom is 0.252 e. The summed E-state index contributed by atoms with van der Waals surface area (Å²) in [6, 6.07) is 29.4. The van der Waals surface area contributed by atoms with Crippen molar-refractivity contribution in [3.05, 3.63) is 134 Å². The van der Waals surface area contributed by atoms with Crippen molar-refractivity contribution in [3.8, 4) is 11.5 Å². The summed E-state index contributed by atoms with van der Waals surface area (Å²) >= 11 is 3.49. The molecule has 45 heavy (non-hydrogen) atoms. The van der Waals surface area contributed by atoms with Crippen LogP contribution in [0.2, 0.25) is 0 Å². The lowest BCUT2D eigenvalue weighted by molar-refractivity contribution is -0.129. The molecule has 0 spiro atoms. The molecule has 0 radical (unpaired) electrons. The molecule has 11 heteroatoms. The van der Waals surface area contributed by atoms with Crippen molar-refractivity contribution in [2.24, 2.45) is 10.1 Å². The fourth-order valence-electron chi connectivity index (χ4n) is 5.10. The molecule has 230 valence electrons. The number of aliphatic hydroxyl groups excluding tert-OH is 1. The molecule has 1 heterocycles. The summed E-state index contributed by atoms with van der Waals surface area (Å²) in [5, 5.41) is 16.1. The van der Waals surface area contributed by atoms with E-state index in [1.807, 2.05) is 66.7 Å². The van der Waals surface area contributed by atoms with Gasteiger partial charge >= 0.3 is 0 Å². The summed E-state index contributed by atoms with van der Waals surface area (Å²) in [6.07, 6.45) is -0.196. The van der Waals surface area contributed by atoms with Gasteiger partial charge in [0.15, 0.2) is 11.6 Å². The second-order valence-corrected chi connectivity index (χ2v) is 11.3. The van der Waals surface area contributed by atoms with E-state index in [-0.39, 0.29) is 31.4 Å². The van der Waals surface area contributed by atoms with Gasteiger partial charge in [0.1, 0.15) is 11.5 Å². The molecule has 1 amide bonds. The smallest absolute Gasteiger partial charge is 0.252 e. The lowest BCUT2D eigenvalue weighted by atomic mass is 9.81. The van der Waals surface area contributed by atoms with Crippen molar-refractivity contribution >= 4 is 33.4 Å². The van der Waals surface area contributed by atoms with Crippen LogP contribution in [0.3, 0.4) is 0 Å². The lowest BCUT2D eigenvalue weighted by Gasteiger charge is -2.31. The fraction of sp³-hybridized carbons (Fsp3) is 0.235. The Balaban J connectivity index is 1.58. The van der Waals surface area contributed by atoms with Crippen LogP contribution in [-0.2, 0) is 22.5 Å². The number of nitrogens with one attached hydrogen (secondary N) is 1. The van der Waals surface area contributed by atoms with Gasteiger partial charge in [0.25, 0.3) is 5.91 Å². The lowest BCUT2D eigenvalue weighted by Crippen LogP contribution is -2.49. The minimum Gasteiger partial charge on any atom is -0.497 e. The predicted octanol–water partition coefficient (Wildman–Crippen LogP) is 6.98. The minimum atomic E-state index is -1.47. The van der Waals surface area contributed by atoms with Crippen LogP contribution in [0.4, 0.5) is 5.69 Å². The Morgan fingerprint density at radius 3 is 2.40 bits per heavy atom. The van der Waals surface area contributed by atoms with Gasteiger partial charge in [0.2, 0.25) is 5.90 Å². The monoisotopic (exact) mass is 669 g/mol. The number of benzene rings is 4. The topological polar surface area (TPSA) is 138 Å². The molecule has 0 saturated carbocycles. The van der Waals surface area contributed by atoms with Gasteiger partial charge in [-0.25, -0.2) is 4.99 Å².